The zero-order valence-electron chi connectivity index (χ0n) is 18.7. The van der Waals surface area contributed by atoms with Crippen LogP contribution in [0.4, 0.5) is 0 Å². The number of unbranched alkanes of at least 4 members (excludes halogenated alkanes) is 3. The monoisotopic (exact) mass is 418 g/mol. The summed E-state index contributed by atoms with van der Waals surface area (Å²) in [6.45, 7) is 3.03. The van der Waals surface area contributed by atoms with Crippen LogP contribution in [0.3, 0.4) is 0 Å². The molecule has 4 rings (SSSR count). The average molecular weight is 419 g/mol. The number of fused-ring (bicyclic) bond motifs is 1. The minimum atomic E-state index is 0. The summed E-state index contributed by atoms with van der Waals surface area (Å²) in [4.78, 5) is 0. The van der Waals surface area contributed by atoms with Crippen molar-refractivity contribution in [1.29, 1.82) is 0 Å². The van der Waals surface area contributed by atoms with Crippen molar-refractivity contribution in [3.05, 3.63) is 71.4 Å². The number of nitrogens with zero attached hydrogens (tertiary/aromatic N) is 1. The second-order valence-electron chi connectivity index (χ2n) is 9.26. The first-order chi connectivity index (χ1) is 14.8. The van der Waals surface area contributed by atoms with Crippen molar-refractivity contribution in [3.8, 4) is 0 Å². The molecule has 1 unspecified atom stereocenters. The minimum Gasteiger partial charge on any atom is -0.344 e. The van der Waals surface area contributed by atoms with Gasteiger partial charge in [-0.3, -0.25) is 0 Å². The Morgan fingerprint density at radius 1 is 0.935 bits per heavy atom. The third-order valence-corrected chi connectivity index (χ3v) is 7.01. The lowest BCUT2D eigenvalue weighted by Crippen LogP contribution is -2.11. The molecule has 168 valence electrons. The molecule has 2 N–H and O–H groups in total. The summed E-state index contributed by atoms with van der Waals surface area (Å²) in [5.74, 6) is 0.470. The number of aryl methyl sites for hydroxylation is 1. The van der Waals surface area contributed by atoms with Crippen molar-refractivity contribution in [2.24, 2.45) is 5.73 Å². The van der Waals surface area contributed by atoms with Gasteiger partial charge in [0.1, 0.15) is 0 Å². The van der Waals surface area contributed by atoms with Crippen molar-refractivity contribution >= 4 is 10.9 Å². The van der Waals surface area contributed by atoms with Gasteiger partial charge >= 0.3 is 0 Å². The Morgan fingerprint density at radius 2 is 1.71 bits per heavy atom. The summed E-state index contributed by atoms with van der Waals surface area (Å²) in [6.07, 6.45) is 15.5. The Morgan fingerprint density at radius 3 is 2.48 bits per heavy atom. The number of nitrogens with two attached hydrogens (primary N) is 1. The molecule has 0 saturated heterocycles. The lowest BCUT2D eigenvalue weighted by molar-refractivity contribution is 0.360. The molecule has 0 amide bonds. The SMILES string of the molecule is C.Cc1cccc(C(CCCCCCN)c2cn(C3CCCCC3)c3ccccc23)c1. The molecule has 1 aromatic heterocycles. The molecule has 1 atom stereocenters. The predicted octanol–water partition coefficient (Wildman–Crippen LogP) is 8.13. The fourth-order valence-corrected chi connectivity index (χ4v) is 5.41. The molecule has 1 aliphatic rings. The third-order valence-electron chi connectivity index (χ3n) is 7.01. The maximum atomic E-state index is 5.70. The van der Waals surface area contributed by atoms with Crippen LogP contribution in [-0.2, 0) is 0 Å². The van der Waals surface area contributed by atoms with E-state index in [9.17, 15) is 0 Å². The Labute approximate surface area is 189 Å². The highest BCUT2D eigenvalue weighted by Crippen LogP contribution is 2.39. The van der Waals surface area contributed by atoms with E-state index in [-0.39, 0.29) is 7.43 Å². The zero-order valence-corrected chi connectivity index (χ0v) is 18.7. The Kier molecular flexibility index (Phi) is 8.78. The molecule has 1 aliphatic carbocycles. The minimum absolute atomic E-state index is 0. The van der Waals surface area contributed by atoms with E-state index in [1.54, 1.807) is 0 Å². The number of aromatic nitrogens is 1. The summed E-state index contributed by atoms with van der Waals surface area (Å²) in [5, 5.41) is 1.46. The Balaban J connectivity index is 0.00000272. The lowest BCUT2D eigenvalue weighted by Gasteiger charge is -2.24. The zero-order chi connectivity index (χ0) is 20.8. The van der Waals surface area contributed by atoms with Crippen molar-refractivity contribution < 1.29 is 0 Å². The molecule has 2 nitrogen and oxygen atoms in total. The van der Waals surface area contributed by atoms with Crippen LogP contribution in [0.25, 0.3) is 10.9 Å². The van der Waals surface area contributed by atoms with Gasteiger partial charge in [-0.1, -0.05) is 94.0 Å². The van der Waals surface area contributed by atoms with Gasteiger partial charge < -0.3 is 10.3 Å². The van der Waals surface area contributed by atoms with E-state index in [1.807, 2.05) is 0 Å². The van der Waals surface area contributed by atoms with Crippen LogP contribution in [0.2, 0.25) is 0 Å². The normalized spacial score (nSPS) is 15.7. The summed E-state index contributed by atoms with van der Waals surface area (Å²) >= 11 is 0. The quantitative estimate of drug-likeness (QED) is 0.349. The summed E-state index contributed by atoms with van der Waals surface area (Å²) < 4.78 is 2.63. The van der Waals surface area contributed by atoms with Crippen LogP contribution in [-0.4, -0.2) is 11.1 Å². The molecule has 0 aliphatic heterocycles. The van der Waals surface area contributed by atoms with Crippen LogP contribution in [0.15, 0.2) is 54.7 Å². The Bertz CT molecular complexity index is 933. The number of hydrogen-bond donors (Lipinski definition) is 1. The fraction of sp³-hybridized carbons (Fsp3) is 0.517. The highest BCUT2D eigenvalue weighted by atomic mass is 15.0. The molecular weight excluding hydrogens is 376 g/mol. The smallest absolute Gasteiger partial charge is 0.0485 e. The molecule has 1 heterocycles. The fourth-order valence-electron chi connectivity index (χ4n) is 5.41. The summed E-state index contributed by atoms with van der Waals surface area (Å²) in [5.41, 5.74) is 11.5. The van der Waals surface area contributed by atoms with E-state index in [0.717, 1.165) is 13.0 Å². The molecular formula is C29H42N2. The summed E-state index contributed by atoms with van der Waals surface area (Å²) in [6, 6.07) is 19.0. The number of para-hydroxylation sites is 1. The van der Waals surface area contributed by atoms with Crippen LogP contribution in [0, 0.1) is 6.92 Å². The molecule has 3 aromatic rings. The average Bonchev–Trinajstić information content (AvgIpc) is 3.16. The van der Waals surface area contributed by atoms with Gasteiger partial charge in [0.05, 0.1) is 0 Å². The first kappa shape index (κ1) is 23.6. The van der Waals surface area contributed by atoms with Gasteiger partial charge in [-0.15, -0.1) is 0 Å². The highest BCUT2D eigenvalue weighted by Gasteiger charge is 2.23. The Hall–Kier alpha value is -2.06. The van der Waals surface area contributed by atoms with E-state index >= 15 is 0 Å². The topological polar surface area (TPSA) is 30.9 Å². The van der Waals surface area contributed by atoms with Crippen LogP contribution >= 0.6 is 0 Å². The van der Waals surface area contributed by atoms with Crippen molar-refractivity contribution in [3.63, 3.8) is 0 Å². The molecule has 2 heteroatoms. The first-order valence-electron chi connectivity index (χ1n) is 12.1. The number of benzene rings is 2. The van der Waals surface area contributed by atoms with Gasteiger partial charge in [0.15, 0.2) is 0 Å². The molecule has 1 fully saturated rings. The van der Waals surface area contributed by atoms with Gasteiger partial charge in [0.2, 0.25) is 0 Å². The molecule has 31 heavy (non-hydrogen) atoms. The summed E-state index contributed by atoms with van der Waals surface area (Å²) in [7, 11) is 0. The first-order valence-corrected chi connectivity index (χ1v) is 12.1. The standard InChI is InChI=1S/C28H38N2.CH4/c1-22-12-11-13-23(20-22)25(16-7-2-3-10-19-29)27-21-30(24-14-5-4-6-15-24)28-18-9-8-17-26(27)28;/h8-9,11-13,17-18,20-21,24-25H,2-7,10,14-16,19,29H2,1H3;1H4. The van der Waals surface area contributed by atoms with Crippen molar-refractivity contribution in [2.45, 2.75) is 90.5 Å². The van der Waals surface area contributed by atoms with Crippen LogP contribution < -0.4 is 5.73 Å². The molecule has 0 radical (unpaired) electrons. The third kappa shape index (κ3) is 5.60. The second-order valence-corrected chi connectivity index (χ2v) is 9.26. The lowest BCUT2D eigenvalue weighted by atomic mass is 9.86. The van der Waals surface area contributed by atoms with E-state index in [2.05, 4.69) is 66.2 Å². The molecule has 0 spiro atoms. The molecule has 2 aromatic carbocycles. The highest BCUT2D eigenvalue weighted by molar-refractivity contribution is 5.85. The van der Waals surface area contributed by atoms with Gasteiger partial charge in [-0.2, -0.15) is 0 Å². The maximum Gasteiger partial charge on any atom is 0.0485 e. The van der Waals surface area contributed by atoms with E-state index in [1.165, 1.54) is 85.4 Å². The van der Waals surface area contributed by atoms with Gasteiger partial charge in [-0.05, 0) is 56.3 Å². The van der Waals surface area contributed by atoms with E-state index in [0.29, 0.717) is 12.0 Å². The van der Waals surface area contributed by atoms with E-state index < -0.39 is 0 Å². The van der Waals surface area contributed by atoms with Crippen LogP contribution in [0.5, 0.6) is 0 Å². The van der Waals surface area contributed by atoms with E-state index in [4.69, 9.17) is 5.73 Å². The second kappa shape index (κ2) is 11.5. The van der Waals surface area contributed by atoms with Gasteiger partial charge in [0, 0.05) is 29.1 Å². The largest absolute Gasteiger partial charge is 0.344 e. The predicted molar refractivity (Wildman–Crippen MR) is 136 cm³/mol. The molecule has 1 saturated carbocycles. The molecule has 0 bridgehead atoms. The number of rotatable bonds is 9. The van der Waals surface area contributed by atoms with Crippen LogP contribution in [0.1, 0.15) is 100 Å². The van der Waals surface area contributed by atoms with Crippen molar-refractivity contribution in [1.82, 2.24) is 4.57 Å². The van der Waals surface area contributed by atoms with Gasteiger partial charge in [-0.25, -0.2) is 0 Å². The maximum absolute atomic E-state index is 5.70. The van der Waals surface area contributed by atoms with Crippen molar-refractivity contribution in [2.75, 3.05) is 6.54 Å². The van der Waals surface area contributed by atoms with Gasteiger partial charge in [0.25, 0.3) is 0 Å². The number of hydrogen-bond acceptors (Lipinski definition) is 1.